The highest BCUT2D eigenvalue weighted by molar-refractivity contribution is 5.71. The van der Waals surface area contributed by atoms with Crippen LogP contribution in [0.4, 0.5) is 0 Å². The van der Waals surface area contributed by atoms with Crippen LogP contribution in [0.15, 0.2) is 0 Å². The van der Waals surface area contributed by atoms with E-state index in [0.29, 0.717) is 12.8 Å². The van der Waals surface area contributed by atoms with Crippen LogP contribution >= 0.6 is 0 Å². The van der Waals surface area contributed by atoms with Crippen molar-refractivity contribution in [1.29, 1.82) is 0 Å². The van der Waals surface area contributed by atoms with Crippen LogP contribution in [0.5, 0.6) is 0 Å². The summed E-state index contributed by atoms with van der Waals surface area (Å²) in [5.74, 6) is -2.64. The number of unbranched alkanes of at least 4 members (excludes halogenated alkanes) is 12. The molecule has 3 N–H and O–H groups in total. The first-order valence-corrected chi connectivity index (χ1v) is 17.5. The largest absolute Gasteiger partial charge is 0.463 e. The van der Waals surface area contributed by atoms with Gasteiger partial charge in [-0.05, 0) is 12.8 Å². The van der Waals surface area contributed by atoms with Gasteiger partial charge in [0.15, 0.2) is 24.6 Å². The molecule has 1 heterocycles. The molecule has 1 aliphatic rings. The van der Waals surface area contributed by atoms with Crippen molar-refractivity contribution in [3.63, 3.8) is 0 Å². The second-order valence-electron chi connectivity index (χ2n) is 12.2. The molecule has 0 saturated carbocycles. The lowest BCUT2D eigenvalue weighted by molar-refractivity contribution is -0.312. The predicted octanol–water partition coefficient (Wildman–Crippen LogP) is 4.04. The van der Waals surface area contributed by atoms with Crippen molar-refractivity contribution >= 4 is 23.9 Å². The first kappa shape index (κ1) is 42.7. The predicted molar refractivity (Wildman–Crippen MR) is 171 cm³/mol. The van der Waals surface area contributed by atoms with E-state index < -0.39 is 86.6 Å². The van der Waals surface area contributed by atoms with Crippen LogP contribution in [0.25, 0.3) is 0 Å². The number of esters is 4. The molecule has 13 heteroatoms. The normalized spacial score (nSPS) is 22.2. The van der Waals surface area contributed by atoms with Crippen molar-refractivity contribution in [3.8, 4) is 0 Å². The molecule has 0 spiro atoms. The van der Waals surface area contributed by atoms with Gasteiger partial charge in [-0.15, -0.1) is 0 Å². The van der Waals surface area contributed by atoms with Crippen molar-refractivity contribution in [3.05, 3.63) is 0 Å². The molecular weight excluding hydrogens is 616 g/mol. The van der Waals surface area contributed by atoms with Crippen molar-refractivity contribution in [1.82, 2.24) is 0 Å². The maximum atomic E-state index is 13.1. The molecule has 0 aromatic rings. The first-order chi connectivity index (χ1) is 22.5. The lowest BCUT2D eigenvalue weighted by atomic mass is 9.97. The minimum atomic E-state index is -1.54. The zero-order valence-corrected chi connectivity index (χ0v) is 28.9. The van der Waals surface area contributed by atoms with Crippen LogP contribution in [-0.2, 0) is 47.6 Å². The number of carbonyl (C=O) groups is 4. The molecule has 7 unspecified atom stereocenters. The summed E-state index contributed by atoms with van der Waals surface area (Å²) < 4.78 is 33.8. The maximum Gasteiger partial charge on any atom is 0.306 e. The number of aliphatic hydroxyl groups excluding tert-OH is 3. The lowest BCUT2D eigenvalue weighted by Crippen LogP contribution is -2.63. The Morgan fingerprint density at radius 1 is 0.638 bits per heavy atom. The quantitative estimate of drug-likeness (QED) is 0.0678. The SMILES string of the molecule is CCCCCCCCCCCCCC(=O)OC1C(OC(C)=O)C(COC(C)=O)OC(OCC(O)C(O)CO)C1OC(=O)CCCCC. The summed E-state index contributed by atoms with van der Waals surface area (Å²) in [6.07, 6.45) is 4.50. The van der Waals surface area contributed by atoms with Gasteiger partial charge in [-0.3, -0.25) is 19.2 Å². The van der Waals surface area contributed by atoms with E-state index in [1.165, 1.54) is 45.4 Å². The molecule has 1 fully saturated rings. The number of ether oxygens (including phenoxy) is 6. The first-order valence-electron chi connectivity index (χ1n) is 17.5. The lowest BCUT2D eigenvalue weighted by Gasteiger charge is -2.44. The topological polar surface area (TPSA) is 184 Å². The maximum absolute atomic E-state index is 13.1. The van der Waals surface area contributed by atoms with E-state index in [1.54, 1.807) is 0 Å². The van der Waals surface area contributed by atoms with E-state index in [2.05, 4.69) is 6.92 Å². The number of hydrogen-bond acceptors (Lipinski definition) is 13. The van der Waals surface area contributed by atoms with Crippen LogP contribution in [0.2, 0.25) is 0 Å². The second kappa shape index (κ2) is 25.7. The molecule has 0 aromatic carbocycles. The highest BCUT2D eigenvalue weighted by Crippen LogP contribution is 2.31. The van der Waals surface area contributed by atoms with Gasteiger partial charge in [-0.25, -0.2) is 0 Å². The minimum Gasteiger partial charge on any atom is -0.463 e. The van der Waals surface area contributed by atoms with Crippen LogP contribution < -0.4 is 0 Å². The summed E-state index contributed by atoms with van der Waals surface area (Å²) in [5, 5.41) is 29.2. The monoisotopic (exact) mass is 676 g/mol. The fourth-order valence-corrected chi connectivity index (χ4v) is 5.24. The summed E-state index contributed by atoms with van der Waals surface area (Å²) in [4.78, 5) is 49.9. The van der Waals surface area contributed by atoms with Gasteiger partial charge < -0.3 is 43.7 Å². The Hall–Kier alpha value is -2.32. The molecule has 13 nitrogen and oxygen atoms in total. The molecule has 0 aromatic heterocycles. The Bertz CT molecular complexity index is 882. The van der Waals surface area contributed by atoms with Crippen molar-refractivity contribution < 1.29 is 62.9 Å². The Morgan fingerprint density at radius 2 is 1.13 bits per heavy atom. The van der Waals surface area contributed by atoms with Gasteiger partial charge in [0.2, 0.25) is 0 Å². The smallest absolute Gasteiger partial charge is 0.306 e. The number of hydrogen-bond donors (Lipinski definition) is 3. The number of aliphatic hydroxyl groups is 3. The van der Waals surface area contributed by atoms with E-state index in [1.807, 2.05) is 6.92 Å². The second-order valence-corrected chi connectivity index (χ2v) is 12.2. The average molecular weight is 677 g/mol. The molecule has 7 atom stereocenters. The van der Waals surface area contributed by atoms with E-state index in [4.69, 9.17) is 28.4 Å². The molecule has 1 saturated heterocycles. The van der Waals surface area contributed by atoms with Gasteiger partial charge in [-0.2, -0.15) is 0 Å². The highest BCUT2D eigenvalue weighted by Gasteiger charge is 2.53. The Kier molecular flexibility index (Phi) is 23.3. The van der Waals surface area contributed by atoms with Gasteiger partial charge in [0.25, 0.3) is 0 Å². The minimum absolute atomic E-state index is 0.0530. The zero-order valence-electron chi connectivity index (χ0n) is 28.9. The van der Waals surface area contributed by atoms with Crippen molar-refractivity contribution in [2.45, 2.75) is 173 Å². The number of rotatable bonds is 26. The molecule has 0 aliphatic carbocycles. The Morgan fingerprint density at radius 3 is 1.64 bits per heavy atom. The van der Waals surface area contributed by atoms with Crippen LogP contribution in [0.1, 0.15) is 130 Å². The fraction of sp³-hybridized carbons (Fsp3) is 0.882. The van der Waals surface area contributed by atoms with Gasteiger partial charge in [0, 0.05) is 26.7 Å². The van der Waals surface area contributed by atoms with E-state index in [-0.39, 0.29) is 12.8 Å². The summed E-state index contributed by atoms with van der Waals surface area (Å²) in [7, 11) is 0. The summed E-state index contributed by atoms with van der Waals surface area (Å²) in [5.41, 5.74) is 0. The molecular formula is C34H60O13. The standard InChI is InChI=1S/C34H60O13/c1-5-7-9-10-11-12-13-14-15-16-18-20-29(40)46-32-31(44-25(4)37)28(23-42-24(3)36)45-34(43-22-27(39)26(38)21-35)33(32)47-30(41)19-17-8-6-2/h26-28,31-35,38-39H,5-23H2,1-4H3. The average Bonchev–Trinajstić information content (AvgIpc) is 3.03. The molecule has 274 valence electrons. The van der Waals surface area contributed by atoms with Crippen LogP contribution in [0, 0.1) is 0 Å². The summed E-state index contributed by atoms with van der Waals surface area (Å²) in [6, 6.07) is 0. The van der Waals surface area contributed by atoms with Gasteiger partial charge in [-0.1, -0.05) is 90.9 Å². The highest BCUT2D eigenvalue weighted by atomic mass is 16.7. The third-order valence-electron chi connectivity index (χ3n) is 7.91. The summed E-state index contributed by atoms with van der Waals surface area (Å²) in [6.45, 7) is 4.79. The fourth-order valence-electron chi connectivity index (χ4n) is 5.24. The van der Waals surface area contributed by atoms with Gasteiger partial charge >= 0.3 is 23.9 Å². The van der Waals surface area contributed by atoms with Crippen LogP contribution in [-0.4, -0.2) is 102 Å². The van der Waals surface area contributed by atoms with Gasteiger partial charge in [0.1, 0.15) is 24.9 Å². The van der Waals surface area contributed by atoms with E-state index >= 15 is 0 Å². The number of carbonyl (C=O) groups excluding carboxylic acids is 4. The Balaban J connectivity index is 3.07. The third-order valence-corrected chi connectivity index (χ3v) is 7.91. The zero-order chi connectivity index (χ0) is 35.0. The van der Waals surface area contributed by atoms with E-state index in [0.717, 1.165) is 45.4 Å². The van der Waals surface area contributed by atoms with Crippen molar-refractivity contribution in [2.75, 3.05) is 19.8 Å². The van der Waals surface area contributed by atoms with E-state index in [9.17, 15) is 34.5 Å². The van der Waals surface area contributed by atoms with Crippen LogP contribution in [0.3, 0.4) is 0 Å². The molecule has 0 bridgehead atoms. The summed E-state index contributed by atoms with van der Waals surface area (Å²) >= 11 is 0. The molecule has 1 rings (SSSR count). The van der Waals surface area contributed by atoms with Crippen molar-refractivity contribution in [2.24, 2.45) is 0 Å². The third kappa shape index (κ3) is 18.7. The molecule has 0 radical (unpaired) electrons. The van der Waals surface area contributed by atoms with Gasteiger partial charge in [0.05, 0.1) is 13.2 Å². The Labute approximate surface area is 279 Å². The molecule has 0 amide bonds. The molecule has 1 aliphatic heterocycles. The molecule has 47 heavy (non-hydrogen) atoms.